The Kier molecular flexibility index (Phi) is 4.97. The third-order valence-corrected chi connectivity index (χ3v) is 4.85. The molecule has 2 heterocycles. The van der Waals surface area contributed by atoms with Crippen LogP contribution in [0, 0.1) is 0 Å². The summed E-state index contributed by atoms with van der Waals surface area (Å²) < 4.78 is 15.6. The van der Waals surface area contributed by atoms with Gasteiger partial charge in [-0.3, -0.25) is 0 Å². The van der Waals surface area contributed by atoms with Crippen molar-refractivity contribution in [1.82, 2.24) is 0 Å². The largest absolute Gasteiger partial charge is 0.571 e. The maximum absolute atomic E-state index is 10.2. The summed E-state index contributed by atoms with van der Waals surface area (Å²) in [6.45, 7) is -0.233. The Balaban J connectivity index is 1.72. The highest BCUT2D eigenvalue weighted by Crippen LogP contribution is 2.36. The van der Waals surface area contributed by atoms with Gasteiger partial charge in [-0.2, -0.15) is 0 Å². The van der Waals surface area contributed by atoms with Crippen LogP contribution in [0.25, 0.3) is 5.76 Å². The number of rotatable bonds is 3. The molecule has 0 aromatic heterocycles. The maximum atomic E-state index is 10.2. The number of aromatic hydroxyl groups is 1. The van der Waals surface area contributed by atoms with Crippen LogP contribution < -0.4 is 0 Å². The topological polar surface area (TPSA) is 153 Å². The first kappa shape index (κ1) is 19.3. The van der Waals surface area contributed by atoms with Gasteiger partial charge >= 0.3 is 5.76 Å². The zero-order valence-electron chi connectivity index (χ0n) is 15.1. The maximum Gasteiger partial charge on any atom is 0.305 e. The van der Waals surface area contributed by atoms with Crippen LogP contribution in [0.4, 0.5) is 0 Å². The average molecular weight is 405 g/mol. The predicted molar refractivity (Wildman–Crippen MR) is 99.4 cm³/mol. The number of phenols is 1. The molecule has 7 N–H and O–H groups in total. The van der Waals surface area contributed by atoms with E-state index in [1.807, 2.05) is 0 Å². The van der Waals surface area contributed by atoms with E-state index in [1.165, 1.54) is 30.4 Å². The van der Waals surface area contributed by atoms with Crippen LogP contribution in [0.1, 0.15) is 5.56 Å². The van der Waals surface area contributed by atoms with Crippen LogP contribution >= 0.6 is 0 Å². The molecule has 9 nitrogen and oxygen atoms in total. The summed E-state index contributed by atoms with van der Waals surface area (Å²) in [5.41, 5.74) is 0.937. The summed E-state index contributed by atoms with van der Waals surface area (Å²) in [5.74, 6) is 0.206. The standard InChI is InChI=1S/C20H20O9/c21-10-3-1-9(2-4-10)19-16(29-20-18(26)17(25)14(24)8-27-20)7-12-13(23)5-11(22)6-15(12)28-19/h1-7,14-15,17-18,20-26H,8H2/p+1/t14-,15?,17+,18-,20+/m1/s1. The smallest absolute Gasteiger partial charge is 0.305 e. The summed E-state index contributed by atoms with van der Waals surface area (Å²) in [4.78, 5) is 0. The highest BCUT2D eigenvalue weighted by Gasteiger charge is 2.42. The molecule has 1 aromatic rings. The first-order valence-electron chi connectivity index (χ1n) is 8.94. The first-order valence-corrected chi connectivity index (χ1v) is 8.94. The Morgan fingerprint density at radius 2 is 1.69 bits per heavy atom. The van der Waals surface area contributed by atoms with E-state index in [9.17, 15) is 30.6 Å². The number of phenolic OH excluding ortho intramolecular Hbond substituents is 1. The minimum Gasteiger partial charge on any atom is -0.571 e. The summed E-state index contributed by atoms with van der Waals surface area (Å²) >= 11 is 0. The number of hydrogen-bond acceptors (Lipinski definition) is 8. The summed E-state index contributed by atoms with van der Waals surface area (Å²) in [6.07, 6.45) is -2.02. The van der Waals surface area contributed by atoms with E-state index in [0.29, 0.717) is 16.9 Å². The number of aliphatic hydroxyl groups excluding tert-OH is 5. The van der Waals surface area contributed by atoms with Gasteiger partial charge < -0.3 is 44.8 Å². The van der Waals surface area contributed by atoms with E-state index in [4.69, 9.17) is 9.47 Å². The monoisotopic (exact) mass is 405 g/mol. The van der Waals surface area contributed by atoms with Crippen LogP contribution in [0.2, 0.25) is 0 Å². The molecule has 1 aromatic carbocycles. The van der Waals surface area contributed by atoms with Crippen molar-refractivity contribution in [3.05, 3.63) is 70.9 Å². The molecule has 154 valence electrons. The van der Waals surface area contributed by atoms with Crippen molar-refractivity contribution in [1.29, 1.82) is 0 Å². The number of aliphatic hydroxyl groups is 7. The number of allylic oxidation sites excluding steroid dienone is 2. The van der Waals surface area contributed by atoms with Gasteiger partial charge in [0, 0.05) is 12.2 Å². The third-order valence-electron chi connectivity index (χ3n) is 4.85. The molecule has 1 saturated heterocycles. The van der Waals surface area contributed by atoms with Gasteiger partial charge in [-0.05, 0) is 24.3 Å². The molecule has 9 heteroatoms. The van der Waals surface area contributed by atoms with Crippen molar-refractivity contribution in [2.75, 3.05) is 6.61 Å². The Hall–Kier alpha value is -2.98. The Bertz CT molecular complexity index is 912. The Labute approximate surface area is 165 Å². The molecular weight excluding hydrogens is 384 g/mol. The molecular formula is C20H21O9+. The van der Waals surface area contributed by atoms with Crippen molar-refractivity contribution in [2.45, 2.75) is 30.7 Å². The van der Waals surface area contributed by atoms with E-state index >= 15 is 0 Å². The lowest BCUT2D eigenvalue weighted by Crippen LogP contribution is -2.53. The van der Waals surface area contributed by atoms with Gasteiger partial charge in [0.25, 0.3) is 0 Å². The Morgan fingerprint density at radius 1 is 0.966 bits per heavy atom. The van der Waals surface area contributed by atoms with Crippen molar-refractivity contribution in [3.63, 3.8) is 0 Å². The van der Waals surface area contributed by atoms with Crippen molar-refractivity contribution >= 4 is 5.76 Å². The summed E-state index contributed by atoms with van der Waals surface area (Å²) in [5, 5.41) is 59.2. The predicted octanol–water partition coefficient (Wildman–Crippen LogP) is 0.250. The van der Waals surface area contributed by atoms with Crippen LogP contribution in [-0.4, -0.2) is 72.7 Å². The van der Waals surface area contributed by atoms with E-state index in [2.05, 4.69) is 4.74 Å². The molecule has 5 atom stereocenters. The van der Waals surface area contributed by atoms with Crippen molar-refractivity contribution in [2.24, 2.45) is 0 Å². The second kappa shape index (κ2) is 7.45. The zero-order chi connectivity index (χ0) is 20.7. The van der Waals surface area contributed by atoms with Crippen molar-refractivity contribution in [3.8, 4) is 5.75 Å². The van der Waals surface area contributed by atoms with Crippen LogP contribution in [0.15, 0.2) is 65.3 Å². The quantitative estimate of drug-likeness (QED) is 0.392. The normalized spacial score (nSPS) is 31.8. The third kappa shape index (κ3) is 3.68. The lowest BCUT2D eigenvalue weighted by molar-refractivity contribution is -0.257. The number of ether oxygens (including phenoxy) is 3. The second-order valence-corrected chi connectivity index (χ2v) is 6.92. The van der Waals surface area contributed by atoms with E-state index in [1.54, 1.807) is 12.1 Å². The molecule has 1 aliphatic carbocycles. The van der Waals surface area contributed by atoms with Gasteiger partial charge in [0.15, 0.2) is 0 Å². The van der Waals surface area contributed by atoms with Crippen molar-refractivity contribution < 1.29 is 44.8 Å². The summed E-state index contributed by atoms with van der Waals surface area (Å²) in [6, 6.07) is 6.14. The highest BCUT2D eigenvalue weighted by atomic mass is 16.7. The average Bonchev–Trinajstić information content (AvgIpc) is 2.69. The van der Waals surface area contributed by atoms with Gasteiger partial charge in [-0.1, -0.05) is 0 Å². The fourth-order valence-corrected chi connectivity index (χ4v) is 3.29. The molecule has 1 fully saturated rings. The van der Waals surface area contributed by atoms with Gasteiger partial charge in [0.05, 0.1) is 23.8 Å². The van der Waals surface area contributed by atoms with Crippen LogP contribution in [0.3, 0.4) is 0 Å². The molecule has 1 unspecified atom stereocenters. The number of fused-ring (bicyclic) bond motifs is 1. The molecule has 4 rings (SSSR count). The molecule has 0 amide bonds. The van der Waals surface area contributed by atoms with Gasteiger partial charge in [-0.25, -0.2) is 0 Å². The first-order chi connectivity index (χ1) is 13.8. The number of benzene rings is 1. The SMILES string of the molecule is OC1=CC2[OH+]C(c3ccc(O)cc3)=C(O[C@@H]3OC[C@@H](O)[C@H](O)[C@H]3O)C=C2C(O)=C1. The van der Waals surface area contributed by atoms with Gasteiger partial charge in [0.2, 0.25) is 18.2 Å². The lowest BCUT2D eigenvalue weighted by Gasteiger charge is -2.36. The zero-order valence-corrected chi connectivity index (χ0v) is 15.1. The van der Waals surface area contributed by atoms with E-state index in [0.717, 1.165) is 0 Å². The van der Waals surface area contributed by atoms with Gasteiger partial charge in [-0.15, -0.1) is 0 Å². The minimum atomic E-state index is -1.51. The van der Waals surface area contributed by atoms with Crippen LogP contribution in [-0.2, 0) is 9.47 Å². The molecule has 2 aliphatic heterocycles. The molecule has 0 bridgehead atoms. The Morgan fingerprint density at radius 3 is 2.41 bits per heavy atom. The molecule has 0 radical (unpaired) electrons. The molecule has 0 saturated carbocycles. The van der Waals surface area contributed by atoms with Crippen LogP contribution in [0.5, 0.6) is 5.75 Å². The van der Waals surface area contributed by atoms with E-state index < -0.39 is 30.7 Å². The second-order valence-electron chi connectivity index (χ2n) is 6.92. The van der Waals surface area contributed by atoms with Gasteiger partial charge in [0.1, 0.15) is 35.6 Å². The summed E-state index contributed by atoms with van der Waals surface area (Å²) in [7, 11) is 0. The molecule has 29 heavy (non-hydrogen) atoms. The lowest BCUT2D eigenvalue weighted by atomic mass is 9.97. The minimum absolute atomic E-state index is 0.0581. The fraction of sp³-hybridized carbons (Fsp3) is 0.300. The fourth-order valence-electron chi connectivity index (χ4n) is 3.29. The number of hydrogen-bond donors (Lipinski definition) is 6. The molecule has 0 spiro atoms. The van der Waals surface area contributed by atoms with E-state index in [-0.39, 0.29) is 29.6 Å². The molecule has 3 aliphatic rings. The highest BCUT2D eigenvalue weighted by molar-refractivity contribution is 5.67.